The third kappa shape index (κ3) is 3.19. The van der Waals surface area contributed by atoms with Crippen molar-refractivity contribution in [3.05, 3.63) is 23.8 Å². The monoisotopic (exact) mass is 183 g/mol. The van der Waals surface area contributed by atoms with Crippen LogP contribution in [0.15, 0.2) is 12.4 Å². The highest BCUT2D eigenvalue weighted by molar-refractivity contribution is 7.80. The SMILES string of the molecule is Cc1cnc(CCC(N)S)cn1. The van der Waals surface area contributed by atoms with Crippen LogP contribution < -0.4 is 5.73 Å². The van der Waals surface area contributed by atoms with Gasteiger partial charge in [-0.25, -0.2) is 0 Å². The molecule has 0 aliphatic rings. The Balaban J connectivity index is 2.48. The Morgan fingerprint density at radius 1 is 1.50 bits per heavy atom. The molecule has 1 aromatic rings. The van der Waals surface area contributed by atoms with E-state index in [2.05, 4.69) is 22.6 Å². The fraction of sp³-hybridized carbons (Fsp3) is 0.500. The summed E-state index contributed by atoms with van der Waals surface area (Å²) in [5.74, 6) is 0. The number of thiol groups is 1. The quantitative estimate of drug-likeness (QED) is 0.541. The van der Waals surface area contributed by atoms with E-state index in [9.17, 15) is 0 Å². The molecule has 2 N–H and O–H groups in total. The van der Waals surface area contributed by atoms with E-state index in [1.54, 1.807) is 12.4 Å². The van der Waals surface area contributed by atoms with Crippen LogP contribution in [0.1, 0.15) is 17.8 Å². The molecule has 4 heteroatoms. The highest BCUT2D eigenvalue weighted by atomic mass is 32.1. The minimum Gasteiger partial charge on any atom is -0.320 e. The molecular weight excluding hydrogens is 170 g/mol. The van der Waals surface area contributed by atoms with Gasteiger partial charge in [-0.15, -0.1) is 0 Å². The van der Waals surface area contributed by atoms with Gasteiger partial charge in [0.05, 0.1) is 11.4 Å². The summed E-state index contributed by atoms with van der Waals surface area (Å²) >= 11 is 4.08. The van der Waals surface area contributed by atoms with E-state index in [-0.39, 0.29) is 5.37 Å². The van der Waals surface area contributed by atoms with Gasteiger partial charge in [-0.1, -0.05) is 0 Å². The predicted molar refractivity (Wildman–Crippen MR) is 52.1 cm³/mol. The molecule has 0 saturated carbocycles. The summed E-state index contributed by atoms with van der Waals surface area (Å²) in [6.45, 7) is 1.92. The van der Waals surface area contributed by atoms with Crippen molar-refractivity contribution in [3.8, 4) is 0 Å². The highest BCUT2D eigenvalue weighted by Crippen LogP contribution is 2.01. The smallest absolute Gasteiger partial charge is 0.0587 e. The zero-order valence-corrected chi connectivity index (χ0v) is 7.96. The van der Waals surface area contributed by atoms with Crippen LogP contribution in [0.4, 0.5) is 0 Å². The number of rotatable bonds is 3. The van der Waals surface area contributed by atoms with Crippen molar-refractivity contribution in [1.82, 2.24) is 9.97 Å². The number of hydrogen-bond donors (Lipinski definition) is 2. The molecule has 66 valence electrons. The van der Waals surface area contributed by atoms with Gasteiger partial charge in [0.1, 0.15) is 0 Å². The number of aromatic nitrogens is 2. The first kappa shape index (κ1) is 9.48. The van der Waals surface area contributed by atoms with Crippen LogP contribution in [0.3, 0.4) is 0 Å². The molecule has 0 radical (unpaired) electrons. The van der Waals surface area contributed by atoms with E-state index in [1.165, 1.54) is 0 Å². The van der Waals surface area contributed by atoms with E-state index < -0.39 is 0 Å². The summed E-state index contributed by atoms with van der Waals surface area (Å²) in [4.78, 5) is 8.33. The second-order valence-corrected chi connectivity index (χ2v) is 3.42. The van der Waals surface area contributed by atoms with Crippen LogP contribution in [0.2, 0.25) is 0 Å². The third-order valence-electron chi connectivity index (χ3n) is 1.53. The average molecular weight is 183 g/mol. The molecule has 12 heavy (non-hydrogen) atoms. The van der Waals surface area contributed by atoms with Gasteiger partial charge in [0.25, 0.3) is 0 Å². The van der Waals surface area contributed by atoms with Crippen molar-refractivity contribution < 1.29 is 0 Å². The van der Waals surface area contributed by atoms with Crippen molar-refractivity contribution in [1.29, 1.82) is 0 Å². The van der Waals surface area contributed by atoms with Gasteiger partial charge in [-0.05, 0) is 19.8 Å². The second-order valence-electron chi connectivity index (χ2n) is 2.76. The number of hydrogen-bond acceptors (Lipinski definition) is 4. The van der Waals surface area contributed by atoms with E-state index in [1.807, 2.05) is 6.92 Å². The molecule has 0 aliphatic carbocycles. The molecule has 0 aliphatic heterocycles. The van der Waals surface area contributed by atoms with E-state index in [0.717, 1.165) is 24.2 Å². The van der Waals surface area contributed by atoms with Crippen molar-refractivity contribution in [2.75, 3.05) is 0 Å². The lowest BCUT2D eigenvalue weighted by atomic mass is 10.2. The van der Waals surface area contributed by atoms with Crippen LogP contribution in [0.5, 0.6) is 0 Å². The van der Waals surface area contributed by atoms with Gasteiger partial charge in [-0.3, -0.25) is 9.97 Å². The van der Waals surface area contributed by atoms with Crippen molar-refractivity contribution in [3.63, 3.8) is 0 Å². The highest BCUT2D eigenvalue weighted by Gasteiger charge is 1.98. The molecule has 0 saturated heterocycles. The minimum absolute atomic E-state index is 0.0619. The molecule has 0 aromatic carbocycles. The summed E-state index contributed by atoms with van der Waals surface area (Å²) in [5.41, 5.74) is 7.40. The largest absolute Gasteiger partial charge is 0.320 e. The molecule has 0 bridgehead atoms. The topological polar surface area (TPSA) is 51.8 Å². The number of nitrogens with zero attached hydrogens (tertiary/aromatic N) is 2. The Hall–Kier alpha value is -0.610. The summed E-state index contributed by atoms with van der Waals surface area (Å²) < 4.78 is 0. The first-order valence-electron chi connectivity index (χ1n) is 3.89. The van der Waals surface area contributed by atoms with Gasteiger partial charge in [0.2, 0.25) is 0 Å². The van der Waals surface area contributed by atoms with Gasteiger partial charge < -0.3 is 5.73 Å². The number of aryl methyl sites for hydroxylation is 2. The fourth-order valence-electron chi connectivity index (χ4n) is 0.844. The minimum atomic E-state index is -0.0619. The lowest BCUT2D eigenvalue weighted by Gasteiger charge is -2.02. The average Bonchev–Trinajstić information content (AvgIpc) is 2.03. The standard InChI is InChI=1S/C8H13N3S/c1-6-4-11-7(5-10-6)2-3-8(9)12/h4-5,8,12H,2-3,9H2,1H3. The van der Waals surface area contributed by atoms with Gasteiger partial charge >= 0.3 is 0 Å². The van der Waals surface area contributed by atoms with Crippen LogP contribution >= 0.6 is 12.6 Å². The molecule has 1 atom stereocenters. The number of nitrogens with two attached hydrogens (primary N) is 1. The Morgan fingerprint density at radius 3 is 2.75 bits per heavy atom. The fourth-order valence-corrected chi connectivity index (χ4v) is 0.973. The molecule has 1 aromatic heterocycles. The van der Waals surface area contributed by atoms with E-state index in [0.29, 0.717) is 0 Å². The Labute approximate surface area is 77.8 Å². The predicted octanol–water partition coefficient (Wildman–Crippen LogP) is 0.932. The van der Waals surface area contributed by atoms with Crippen molar-refractivity contribution in [2.45, 2.75) is 25.1 Å². The lowest BCUT2D eigenvalue weighted by molar-refractivity contribution is 0.767. The summed E-state index contributed by atoms with van der Waals surface area (Å²) in [5, 5.41) is -0.0619. The van der Waals surface area contributed by atoms with Crippen LogP contribution in [-0.4, -0.2) is 15.3 Å². The maximum absolute atomic E-state index is 5.49. The van der Waals surface area contributed by atoms with Crippen LogP contribution in [0.25, 0.3) is 0 Å². The normalized spacial score (nSPS) is 12.9. The molecule has 1 heterocycles. The second kappa shape index (κ2) is 4.42. The first-order valence-corrected chi connectivity index (χ1v) is 4.41. The van der Waals surface area contributed by atoms with E-state index >= 15 is 0 Å². The molecule has 1 unspecified atom stereocenters. The third-order valence-corrected chi connectivity index (χ3v) is 1.79. The Bertz CT molecular complexity index is 233. The zero-order chi connectivity index (χ0) is 8.97. The Morgan fingerprint density at radius 2 is 2.25 bits per heavy atom. The molecule has 1 rings (SSSR count). The van der Waals surface area contributed by atoms with E-state index in [4.69, 9.17) is 5.73 Å². The van der Waals surface area contributed by atoms with Crippen molar-refractivity contribution >= 4 is 12.6 Å². The van der Waals surface area contributed by atoms with Crippen LogP contribution in [0, 0.1) is 6.92 Å². The molecule has 0 spiro atoms. The lowest BCUT2D eigenvalue weighted by Crippen LogP contribution is -2.12. The zero-order valence-electron chi connectivity index (χ0n) is 7.07. The molecular formula is C8H13N3S. The summed E-state index contributed by atoms with van der Waals surface area (Å²) in [6.07, 6.45) is 5.23. The summed E-state index contributed by atoms with van der Waals surface area (Å²) in [6, 6.07) is 0. The first-order chi connectivity index (χ1) is 5.68. The van der Waals surface area contributed by atoms with Gasteiger partial charge in [0, 0.05) is 17.8 Å². The molecule has 0 fully saturated rings. The van der Waals surface area contributed by atoms with Gasteiger partial charge in [-0.2, -0.15) is 12.6 Å². The summed E-state index contributed by atoms with van der Waals surface area (Å²) in [7, 11) is 0. The molecule has 0 amide bonds. The maximum atomic E-state index is 5.49. The maximum Gasteiger partial charge on any atom is 0.0587 e. The van der Waals surface area contributed by atoms with Crippen LogP contribution in [-0.2, 0) is 6.42 Å². The Kier molecular flexibility index (Phi) is 3.49. The molecule has 3 nitrogen and oxygen atoms in total. The van der Waals surface area contributed by atoms with Crippen molar-refractivity contribution in [2.24, 2.45) is 5.73 Å². The van der Waals surface area contributed by atoms with Gasteiger partial charge in [0.15, 0.2) is 0 Å².